The standard InChI is InChI=1S/C13H18N4O4/c1-8-7-16(2)4-3-10(8)15-12-5-9(13(18)19)11(6-14-12)17(20)21/h5-6,8,10H,3-4,7H2,1-2H3,(H,14,15)(H,18,19). The smallest absolute Gasteiger partial charge is 0.342 e. The summed E-state index contributed by atoms with van der Waals surface area (Å²) in [6.07, 6.45) is 1.91. The van der Waals surface area contributed by atoms with Crippen LogP contribution in [0.2, 0.25) is 0 Å². The lowest BCUT2D eigenvalue weighted by atomic mass is 9.94. The number of carbonyl (C=O) groups is 1. The zero-order chi connectivity index (χ0) is 15.6. The number of carboxylic acids is 1. The number of aromatic nitrogens is 1. The van der Waals surface area contributed by atoms with Gasteiger partial charge in [-0.2, -0.15) is 0 Å². The minimum Gasteiger partial charge on any atom is -0.477 e. The largest absolute Gasteiger partial charge is 0.477 e. The lowest BCUT2D eigenvalue weighted by Gasteiger charge is -2.35. The Kier molecular flexibility index (Phi) is 4.37. The molecule has 2 N–H and O–H groups in total. The molecule has 1 aromatic heterocycles. The fraction of sp³-hybridized carbons (Fsp3) is 0.538. The number of nitrogens with zero attached hydrogens (tertiary/aromatic N) is 3. The van der Waals surface area contributed by atoms with E-state index in [0.717, 1.165) is 25.7 Å². The second kappa shape index (κ2) is 6.04. The summed E-state index contributed by atoms with van der Waals surface area (Å²) in [4.78, 5) is 27.4. The predicted molar refractivity (Wildman–Crippen MR) is 76.5 cm³/mol. The van der Waals surface area contributed by atoms with Crippen LogP contribution in [0.5, 0.6) is 0 Å². The van der Waals surface area contributed by atoms with Gasteiger partial charge in [-0.15, -0.1) is 0 Å². The highest BCUT2D eigenvalue weighted by molar-refractivity contribution is 5.93. The molecule has 1 aromatic rings. The van der Waals surface area contributed by atoms with Crippen molar-refractivity contribution in [3.05, 3.63) is 27.9 Å². The van der Waals surface area contributed by atoms with Gasteiger partial charge in [-0.3, -0.25) is 10.1 Å². The van der Waals surface area contributed by atoms with Crippen LogP contribution in [0, 0.1) is 16.0 Å². The van der Waals surface area contributed by atoms with Crippen LogP contribution < -0.4 is 5.32 Å². The Balaban J connectivity index is 2.19. The third-order valence-electron chi connectivity index (χ3n) is 3.75. The first-order valence-corrected chi connectivity index (χ1v) is 6.71. The summed E-state index contributed by atoms with van der Waals surface area (Å²) in [5, 5.41) is 23.0. The van der Waals surface area contributed by atoms with Crippen LogP contribution in [0.1, 0.15) is 23.7 Å². The minimum atomic E-state index is -1.33. The van der Waals surface area contributed by atoms with Gasteiger partial charge in [-0.1, -0.05) is 6.92 Å². The summed E-state index contributed by atoms with van der Waals surface area (Å²) in [5.74, 6) is -0.586. The molecule has 0 aromatic carbocycles. The molecule has 1 fully saturated rings. The van der Waals surface area contributed by atoms with Crippen molar-refractivity contribution in [3.63, 3.8) is 0 Å². The van der Waals surface area contributed by atoms with Crippen molar-refractivity contribution >= 4 is 17.5 Å². The van der Waals surface area contributed by atoms with Crippen LogP contribution in [0.25, 0.3) is 0 Å². The van der Waals surface area contributed by atoms with E-state index in [2.05, 4.69) is 29.2 Å². The van der Waals surface area contributed by atoms with E-state index >= 15 is 0 Å². The number of nitrogens with one attached hydrogen (secondary N) is 1. The Labute approximate surface area is 121 Å². The van der Waals surface area contributed by atoms with Crippen molar-refractivity contribution in [1.82, 2.24) is 9.88 Å². The lowest BCUT2D eigenvalue weighted by molar-refractivity contribution is -0.385. The number of aromatic carboxylic acids is 1. The number of rotatable bonds is 4. The van der Waals surface area contributed by atoms with Crippen LogP contribution in [-0.4, -0.2) is 52.1 Å². The van der Waals surface area contributed by atoms with Gasteiger partial charge in [0, 0.05) is 18.7 Å². The van der Waals surface area contributed by atoms with Gasteiger partial charge in [-0.05, 0) is 25.9 Å². The molecule has 8 heteroatoms. The van der Waals surface area contributed by atoms with E-state index in [1.54, 1.807) is 0 Å². The normalized spacial score (nSPS) is 22.8. The molecule has 0 bridgehead atoms. The highest BCUT2D eigenvalue weighted by Crippen LogP contribution is 2.23. The first kappa shape index (κ1) is 15.2. The van der Waals surface area contributed by atoms with Gasteiger partial charge in [0.2, 0.25) is 0 Å². The molecule has 2 atom stereocenters. The Morgan fingerprint density at radius 1 is 1.62 bits per heavy atom. The van der Waals surface area contributed by atoms with Gasteiger partial charge >= 0.3 is 11.7 Å². The molecule has 114 valence electrons. The zero-order valence-corrected chi connectivity index (χ0v) is 11.9. The Morgan fingerprint density at radius 2 is 2.33 bits per heavy atom. The van der Waals surface area contributed by atoms with E-state index in [9.17, 15) is 14.9 Å². The monoisotopic (exact) mass is 294 g/mol. The highest BCUT2D eigenvalue weighted by Gasteiger charge is 2.26. The maximum atomic E-state index is 11.1. The molecule has 0 amide bonds. The average Bonchev–Trinajstić information content (AvgIpc) is 2.41. The molecule has 2 rings (SSSR count). The number of likely N-dealkylation sites (tertiary alicyclic amines) is 1. The lowest BCUT2D eigenvalue weighted by Crippen LogP contribution is -2.43. The molecule has 2 heterocycles. The van der Waals surface area contributed by atoms with Crippen molar-refractivity contribution in [1.29, 1.82) is 0 Å². The number of hydrogen-bond acceptors (Lipinski definition) is 6. The van der Waals surface area contributed by atoms with E-state index in [-0.39, 0.29) is 11.6 Å². The van der Waals surface area contributed by atoms with Gasteiger partial charge in [0.25, 0.3) is 0 Å². The maximum absolute atomic E-state index is 11.1. The molecule has 2 unspecified atom stereocenters. The summed E-state index contributed by atoms with van der Waals surface area (Å²) >= 11 is 0. The van der Waals surface area contributed by atoms with E-state index in [1.165, 1.54) is 6.07 Å². The summed E-state index contributed by atoms with van der Waals surface area (Å²) in [5.41, 5.74) is -0.845. The van der Waals surface area contributed by atoms with E-state index in [0.29, 0.717) is 11.7 Å². The minimum absolute atomic E-state index is 0.178. The van der Waals surface area contributed by atoms with Gasteiger partial charge in [0.05, 0.1) is 4.92 Å². The fourth-order valence-corrected chi connectivity index (χ4v) is 2.60. The molecule has 1 saturated heterocycles. The molecule has 1 aliphatic heterocycles. The van der Waals surface area contributed by atoms with Gasteiger partial charge in [-0.25, -0.2) is 9.78 Å². The third-order valence-corrected chi connectivity index (χ3v) is 3.75. The van der Waals surface area contributed by atoms with Crippen molar-refractivity contribution in [3.8, 4) is 0 Å². The van der Waals surface area contributed by atoms with Crippen LogP contribution in [-0.2, 0) is 0 Å². The SMILES string of the molecule is CC1CN(C)CCC1Nc1cc(C(=O)O)c([N+](=O)[O-])cn1. The molecule has 0 saturated carbocycles. The first-order valence-electron chi connectivity index (χ1n) is 6.71. The van der Waals surface area contributed by atoms with Crippen molar-refractivity contribution in [2.45, 2.75) is 19.4 Å². The fourth-order valence-electron chi connectivity index (χ4n) is 2.60. The van der Waals surface area contributed by atoms with Gasteiger partial charge in [0.1, 0.15) is 17.6 Å². The number of carboxylic acid groups (broad SMARTS) is 1. The van der Waals surface area contributed by atoms with Crippen LogP contribution >= 0.6 is 0 Å². The topological polar surface area (TPSA) is 109 Å². The van der Waals surface area contributed by atoms with E-state index in [1.807, 2.05) is 0 Å². The van der Waals surface area contributed by atoms with Crippen molar-refractivity contribution in [2.75, 3.05) is 25.5 Å². The van der Waals surface area contributed by atoms with Crippen molar-refractivity contribution in [2.24, 2.45) is 5.92 Å². The number of piperidine rings is 1. The molecule has 0 aliphatic carbocycles. The van der Waals surface area contributed by atoms with E-state index in [4.69, 9.17) is 5.11 Å². The van der Waals surface area contributed by atoms with Gasteiger partial charge in [0.15, 0.2) is 0 Å². The van der Waals surface area contributed by atoms with Crippen LogP contribution in [0.4, 0.5) is 11.5 Å². The number of pyridine rings is 1. The zero-order valence-electron chi connectivity index (χ0n) is 11.9. The van der Waals surface area contributed by atoms with Crippen LogP contribution in [0.15, 0.2) is 12.3 Å². The Bertz CT molecular complexity index is 563. The molecule has 8 nitrogen and oxygen atoms in total. The molecule has 21 heavy (non-hydrogen) atoms. The highest BCUT2D eigenvalue weighted by atomic mass is 16.6. The molecule has 1 aliphatic rings. The summed E-state index contributed by atoms with van der Waals surface area (Å²) in [6.45, 7) is 3.99. The second-order valence-corrected chi connectivity index (χ2v) is 5.43. The second-order valence-electron chi connectivity index (χ2n) is 5.43. The quantitative estimate of drug-likeness (QED) is 0.638. The number of nitro groups is 1. The molecule has 0 spiro atoms. The molecular formula is C13H18N4O4. The van der Waals surface area contributed by atoms with Crippen molar-refractivity contribution < 1.29 is 14.8 Å². The first-order chi connectivity index (χ1) is 9.88. The third kappa shape index (κ3) is 3.46. The predicted octanol–water partition coefficient (Wildman–Crippen LogP) is 1.44. The van der Waals surface area contributed by atoms with Crippen LogP contribution in [0.3, 0.4) is 0 Å². The number of anilines is 1. The van der Waals surface area contributed by atoms with E-state index < -0.39 is 16.6 Å². The Morgan fingerprint density at radius 3 is 2.90 bits per heavy atom. The summed E-state index contributed by atoms with van der Waals surface area (Å²) < 4.78 is 0. The maximum Gasteiger partial charge on any atom is 0.342 e. The number of hydrogen-bond donors (Lipinski definition) is 2. The summed E-state index contributed by atoms with van der Waals surface area (Å²) in [6, 6.07) is 1.41. The molecular weight excluding hydrogens is 276 g/mol. The summed E-state index contributed by atoms with van der Waals surface area (Å²) in [7, 11) is 2.05. The molecule has 0 radical (unpaired) electrons. The van der Waals surface area contributed by atoms with Gasteiger partial charge < -0.3 is 15.3 Å². The Hall–Kier alpha value is -2.22. The average molecular weight is 294 g/mol.